The van der Waals surface area contributed by atoms with Gasteiger partial charge in [-0.1, -0.05) is 84.9 Å². The number of pyridine rings is 3. The van der Waals surface area contributed by atoms with E-state index in [0.717, 1.165) is 34.9 Å². The Hall–Kier alpha value is -4.87. The Morgan fingerprint density at radius 2 is 1.16 bits per heavy atom. The van der Waals surface area contributed by atoms with Crippen LogP contribution in [-0.2, 0) is 0 Å². The lowest BCUT2D eigenvalue weighted by molar-refractivity contribution is 0.712. The molecule has 210 valence electrons. The Morgan fingerprint density at radius 3 is 1.77 bits per heavy atom. The van der Waals surface area contributed by atoms with Gasteiger partial charge >= 0.3 is 0 Å². The van der Waals surface area contributed by atoms with Gasteiger partial charge in [0, 0.05) is 33.4 Å². The van der Waals surface area contributed by atoms with Crippen LogP contribution in [0.15, 0.2) is 139 Å². The minimum Gasteiger partial charge on any atom is -0.283 e. The van der Waals surface area contributed by atoms with Crippen LogP contribution in [0.4, 0.5) is 0 Å². The third-order valence-electron chi connectivity index (χ3n) is 7.95. The Kier molecular flexibility index (Phi) is 7.17. The summed E-state index contributed by atoms with van der Waals surface area (Å²) in [5.74, 6) is 0. The molecule has 0 N–H and O–H groups in total. The van der Waals surface area contributed by atoms with Crippen LogP contribution in [0.3, 0.4) is 0 Å². The van der Waals surface area contributed by atoms with E-state index >= 15 is 0 Å². The first-order valence-corrected chi connectivity index (χ1v) is 16.9. The average Bonchev–Trinajstić information content (AvgIpc) is 3.33. The lowest BCUT2D eigenvalue weighted by atomic mass is 9.90. The molecule has 0 bridgehead atoms. The molecule has 4 nitrogen and oxygen atoms in total. The minimum atomic E-state index is -1.61. The maximum absolute atomic E-state index is 5.33. The molecule has 0 fully saturated rings. The molecule has 5 heterocycles. The van der Waals surface area contributed by atoms with Crippen LogP contribution in [0.2, 0.25) is 0 Å². The zero-order chi connectivity index (χ0) is 29.2. The molecule has 3 aromatic heterocycles. The lowest BCUT2D eigenvalue weighted by Crippen LogP contribution is -2.06. The van der Waals surface area contributed by atoms with E-state index in [1.807, 2.05) is 42.8 Å². The summed E-state index contributed by atoms with van der Waals surface area (Å²) in [4.78, 5) is 22.5. The fourth-order valence-electron chi connectivity index (χ4n) is 6.04. The molecule has 1 atom stereocenters. The van der Waals surface area contributed by atoms with Gasteiger partial charge in [0.05, 0.1) is 34.5 Å². The van der Waals surface area contributed by atoms with Gasteiger partial charge in [-0.2, -0.15) is 10.0 Å². The highest BCUT2D eigenvalue weighted by atomic mass is 32.3. The second-order valence-corrected chi connectivity index (χ2v) is 14.5. The fraction of sp³-hybridized carbons (Fsp3) is 0.105. The van der Waals surface area contributed by atoms with Gasteiger partial charge in [-0.3, -0.25) is 15.0 Å². The number of dihydropyridines is 1. The van der Waals surface area contributed by atoms with Gasteiger partial charge in [-0.25, -0.2) is 4.98 Å². The van der Waals surface area contributed by atoms with Crippen LogP contribution in [0.1, 0.15) is 40.7 Å². The third kappa shape index (κ3) is 5.06. The van der Waals surface area contributed by atoms with Crippen molar-refractivity contribution in [2.45, 2.75) is 12.5 Å². The summed E-state index contributed by atoms with van der Waals surface area (Å²) < 4.78 is 0. The summed E-state index contributed by atoms with van der Waals surface area (Å²) in [5.41, 5.74) is 9.51. The van der Waals surface area contributed by atoms with Crippen LogP contribution in [0.25, 0.3) is 32.3 Å². The summed E-state index contributed by atoms with van der Waals surface area (Å²) in [7, 11) is -1.61. The second-order valence-electron chi connectivity index (χ2n) is 11.0. The van der Waals surface area contributed by atoms with Crippen LogP contribution >= 0.6 is 10.0 Å². The molecule has 1 unspecified atom stereocenters. The van der Waals surface area contributed by atoms with Crippen molar-refractivity contribution in [3.8, 4) is 11.4 Å². The molecule has 0 radical (unpaired) electrons. The first kappa shape index (κ1) is 27.0. The molecular formula is C38H32N4S. The number of hydrogen-bond acceptors (Lipinski definition) is 4. The van der Waals surface area contributed by atoms with E-state index in [4.69, 9.17) is 15.0 Å². The number of hydrogen-bond donors (Lipinski definition) is 0. The summed E-state index contributed by atoms with van der Waals surface area (Å²) in [6, 6.07) is 40.2. The normalized spacial score (nSPS) is 18.2. The largest absolute Gasteiger partial charge is 0.283 e. The van der Waals surface area contributed by atoms with Gasteiger partial charge in [-0.15, -0.1) is 0 Å². The highest BCUT2D eigenvalue weighted by Crippen LogP contribution is 2.73. The van der Waals surface area contributed by atoms with E-state index in [2.05, 4.69) is 115 Å². The number of rotatable bonds is 6. The van der Waals surface area contributed by atoms with Crippen molar-refractivity contribution in [3.05, 3.63) is 162 Å². The number of benzene rings is 2. The van der Waals surface area contributed by atoms with Crippen molar-refractivity contribution in [1.82, 2.24) is 15.0 Å². The zero-order valence-corrected chi connectivity index (χ0v) is 25.1. The van der Waals surface area contributed by atoms with Gasteiger partial charge in [0.25, 0.3) is 0 Å². The van der Waals surface area contributed by atoms with Crippen molar-refractivity contribution < 1.29 is 0 Å². The summed E-state index contributed by atoms with van der Waals surface area (Å²) in [6.07, 6.45) is 13.5. The van der Waals surface area contributed by atoms with Gasteiger partial charge in [0.1, 0.15) is 0 Å². The maximum Gasteiger partial charge on any atom is 0.0954 e. The molecule has 2 aromatic carbocycles. The van der Waals surface area contributed by atoms with Crippen LogP contribution in [0.5, 0.6) is 0 Å². The van der Waals surface area contributed by atoms with E-state index in [1.54, 1.807) is 0 Å². The summed E-state index contributed by atoms with van der Waals surface area (Å²) in [6.45, 7) is 0. The van der Waals surface area contributed by atoms with E-state index in [9.17, 15) is 0 Å². The molecule has 0 amide bonds. The Balaban J connectivity index is 1.50. The Labute approximate surface area is 254 Å². The molecule has 43 heavy (non-hydrogen) atoms. The predicted molar refractivity (Wildman–Crippen MR) is 183 cm³/mol. The highest BCUT2D eigenvalue weighted by molar-refractivity contribution is 8.47. The van der Waals surface area contributed by atoms with E-state index < -0.39 is 10.0 Å². The number of nitrogens with zero attached hydrogens (tertiary/aromatic N) is 4. The SMILES string of the molecule is CS1(C)C(c2cccc(-c3ccccn3)n2)=C(c2ccccc2)C(c2ccccc2)=C1c1cccc(C2CC=CC=N2)n1. The highest BCUT2D eigenvalue weighted by Gasteiger charge is 2.40. The first-order valence-electron chi connectivity index (χ1n) is 14.5. The molecule has 0 saturated heterocycles. The van der Waals surface area contributed by atoms with Crippen molar-refractivity contribution in [2.75, 3.05) is 12.5 Å². The van der Waals surface area contributed by atoms with Crippen molar-refractivity contribution in [1.29, 1.82) is 0 Å². The molecule has 2 aliphatic heterocycles. The van der Waals surface area contributed by atoms with E-state index in [1.165, 1.54) is 32.1 Å². The number of allylic oxidation sites excluding steroid dienone is 3. The predicted octanol–water partition coefficient (Wildman–Crippen LogP) is 9.13. The minimum absolute atomic E-state index is 0.0305. The number of aliphatic imine (C=N–C) groups is 1. The fourth-order valence-corrected chi connectivity index (χ4v) is 8.98. The third-order valence-corrected chi connectivity index (χ3v) is 10.8. The van der Waals surface area contributed by atoms with Gasteiger partial charge in [0.2, 0.25) is 0 Å². The first-order chi connectivity index (χ1) is 21.1. The molecule has 0 aliphatic carbocycles. The molecule has 2 aliphatic rings. The standard InChI is InChI=1S/C38H32N4S/c1-43(2)37(33-23-13-21-31(41-33)29-19-9-11-25-39-29)35(27-15-5-3-6-16-27)36(28-17-7-4-8-18-28)38(43)34-24-14-22-32(42-34)30-20-10-12-26-40-30/h3-19,21-26,30H,20H2,1-2H3. The van der Waals surface area contributed by atoms with Crippen LogP contribution in [0, 0.1) is 0 Å². The Bertz CT molecular complexity index is 1910. The quantitative estimate of drug-likeness (QED) is 0.203. The van der Waals surface area contributed by atoms with Crippen molar-refractivity contribution >= 4 is 37.2 Å². The topological polar surface area (TPSA) is 51.0 Å². The van der Waals surface area contributed by atoms with Gasteiger partial charge in [0.15, 0.2) is 0 Å². The molecular weight excluding hydrogens is 545 g/mol. The second kappa shape index (κ2) is 11.4. The van der Waals surface area contributed by atoms with Gasteiger partial charge < -0.3 is 0 Å². The Morgan fingerprint density at radius 1 is 0.581 bits per heavy atom. The molecule has 0 saturated carbocycles. The average molecular weight is 577 g/mol. The van der Waals surface area contributed by atoms with E-state index in [0.29, 0.717) is 0 Å². The molecule has 0 spiro atoms. The summed E-state index contributed by atoms with van der Waals surface area (Å²) in [5, 5.41) is 0. The molecule has 7 rings (SSSR count). The smallest absolute Gasteiger partial charge is 0.0954 e. The van der Waals surface area contributed by atoms with Crippen molar-refractivity contribution in [3.63, 3.8) is 0 Å². The molecule has 5 aromatic rings. The van der Waals surface area contributed by atoms with Crippen LogP contribution in [-0.4, -0.2) is 33.7 Å². The van der Waals surface area contributed by atoms with Crippen molar-refractivity contribution in [2.24, 2.45) is 4.99 Å². The van der Waals surface area contributed by atoms with E-state index in [-0.39, 0.29) is 6.04 Å². The van der Waals surface area contributed by atoms with Gasteiger partial charge in [-0.05, 0) is 72.5 Å². The monoisotopic (exact) mass is 576 g/mol. The summed E-state index contributed by atoms with van der Waals surface area (Å²) >= 11 is 0. The zero-order valence-electron chi connectivity index (χ0n) is 24.3. The van der Waals surface area contributed by atoms with Crippen LogP contribution < -0.4 is 0 Å². The maximum atomic E-state index is 5.33. The lowest BCUT2D eigenvalue weighted by Gasteiger charge is -2.33. The number of aromatic nitrogens is 3. The molecule has 5 heteroatoms.